The normalized spacial score (nSPS) is 11.5. The predicted octanol–water partition coefficient (Wildman–Crippen LogP) is 5.73. The van der Waals surface area contributed by atoms with Gasteiger partial charge in [-0.2, -0.15) is 5.10 Å². The summed E-state index contributed by atoms with van der Waals surface area (Å²) in [6.07, 6.45) is 0. The van der Waals surface area contributed by atoms with E-state index in [0.717, 1.165) is 33.4 Å². The van der Waals surface area contributed by atoms with Crippen LogP contribution in [0.2, 0.25) is 0 Å². The van der Waals surface area contributed by atoms with E-state index in [1.54, 1.807) is 0 Å². The highest BCUT2D eigenvalue weighted by molar-refractivity contribution is 7.71. The summed E-state index contributed by atoms with van der Waals surface area (Å²) in [4.78, 5) is 7.63. The molecule has 142 valence electrons. The van der Waals surface area contributed by atoms with E-state index in [1.165, 1.54) is 0 Å². The Morgan fingerprint density at radius 2 is 1.86 bits per heavy atom. The van der Waals surface area contributed by atoms with E-state index in [2.05, 4.69) is 35.9 Å². The lowest BCUT2D eigenvalue weighted by atomic mass is 10.0. The molecule has 0 aliphatic rings. The SMILES string of the molecule is Cc1cc(C)c(O)c(-c2cc(-c3nn(C(C)C)c4ccccc34)[nH]c(=S)n2)c1. The molecule has 28 heavy (non-hydrogen) atoms. The Bertz CT molecular complexity index is 1250. The molecule has 0 atom stereocenters. The van der Waals surface area contributed by atoms with E-state index in [-0.39, 0.29) is 11.8 Å². The molecule has 2 heterocycles. The molecule has 5 nitrogen and oxygen atoms in total. The summed E-state index contributed by atoms with van der Waals surface area (Å²) in [7, 11) is 0. The summed E-state index contributed by atoms with van der Waals surface area (Å²) in [5.74, 6) is 0.224. The van der Waals surface area contributed by atoms with Crippen molar-refractivity contribution in [3.8, 4) is 28.4 Å². The summed E-state index contributed by atoms with van der Waals surface area (Å²) in [6.45, 7) is 8.10. The van der Waals surface area contributed by atoms with Crippen LogP contribution in [0.1, 0.15) is 31.0 Å². The van der Waals surface area contributed by atoms with Crippen molar-refractivity contribution in [2.75, 3.05) is 0 Å². The first-order chi connectivity index (χ1) is 13.3. The first-order valence-electron chi connectivity index (χ1n) is 9.24. The molecule has 4 rings (SSSR count). The van der Waals surface area contributed by atoms with Gasteiger partial charge in [0.1, 0.15) is 11.4 Å². The third-order valence-corrected chi connectivity index (χ3v) is 5.02. The van der Waals surface area contributed by atoms with E-state index in [4.69, 9.17) is 17.3 Å². The molecule has 2 N–H and O–H groups in total. The summed E-state index contributed by atoms with van der Waals surface area (Å²) in [6, 6.07) is 14.1. The molecule has 2 aromatic heterocycles. The van der Waals surface area contributed by atoms with Crippen molar-refractivity contribution < 1.29 is 5.11 Å². The molecular weight excluding hydrogens is 368 g/mol. The molecule has 2 aromatic carbocycles. The van der Waals surface area contributed by atoms with Crippen LogP contribution in [0.15, 0.2) is 42.5 Å². The number of aromatic amines is 1. The van der Waals surface area contributed by atoms with Crippen LogP contribution < -0.4 is 0 Å². The third kappa shape index (κ3) is 3.10. The molecule has 0 radical (unpaired) electrons. The van der Waals surface area contributed by atoms with Crippen LogP contribution in [0.5, 0.6) is 5.75 Å². The van der Waals surface area contributed by atoms with Crippen LogP contribution in [0.4, 0.5) is 0 Å². The maximum atomic E-state index is 10.6. The number of para-hydroxylation sites is 1. The summed E-state index contributed by atoms with van der Waals surface area (Å²) in [5, 5.41) is 16.5. The molecule has 0 bridgehead atoms. The number of rotatable bonds is 3. The number of hydrogen-bond acceptors (Lipinski definition) is 4. The van der Waals surface area contributed by atoms with Gasteiger partial charge in [0.25, 0.3) is 0 Å². The first-order valence-corrected chi connectivity index (χ1v) is 9.65. The number of H-pyrrole nitrogens is 1. The van der Waals surface area contributed by atoms with Crippen LogP contribution in [-0.2, 0) is 0 Å². The number of hydrogen-bond donors (Lipinski definition) is 2. The van der Waals surface area contributed by atoms with E-state index in [9.17, 15) is 5.11 Å². The number of phenols is 1. The average Bonchev–Trinajstić information content (AvgIpc) is 3.04. The predicted molar refractivity (Wildman–Crippen MR) is 115 cm³/mol. The van der Waals surface area contributed by atoms with Gasteiger partial charge in [-0.25, -0.2) is 4.98 Å². The molecule has 0 aliphatic carbocycles. The Labute approximate surface area is 168 Å². The zero-order chi connectivity index (χ0) is 20.0. The van der Waals surface area contributed by atoms with Gasteiger partial charge in [-0.15, -0.1) is 0 Å². The van der Waals surface area contributed by atoms with E-state index < -0.39 is 0 Å². The maximum absolute atomic E-state index is 10.6. The van der Waals surface area contributed by atoms with Crippen molar-refractivity contribution >= 4 is 23.1 Å². The van der Waals surface area contributed by atoms with Crippen molar-refractivity contribution in [3.05, 3.63) is 58.4 Å². The second-order valence-electron chi connectivity index (χ2n) is 7.37. The fraction of sp³-hybridized carbons (Fsp3) is 0.227. The molecular formula is C22H22N4OS. The summed E-state index contributed by atoms with van der Waals surface area (Å²) in [5.41, 5.74) is 5.85. The highest BCUT2D eigenvalue weighted by Crippen LogP contribution is 2.35. The van der Waals surface area contributed by atoms with Crippen LogP contribution >= 0.6 is 12.2 Å². The Morgan fingerprint density at radius 3 is 2.61 bits per heavy atom. The first kappa shape index (κ1) is 18.4. The monoisotopic (exact) mass is 390 g/mol. The number of nitrogens with zero attached hydrogens (tertiary/aromatic N) is 3. The number of aromatic nitrogens is 4. The number of nitrogens with one attached hydrogen (secondary N) is 1. The van der Waals surface area contributed by atoms with Gasteiger partial charge in [0, 0.05) is 17.0 Å². The number of fused-ring (bicyclic) bond motifs is 1. The smallest absolute Gasteiger partial charge is 0.197 e. The highest BCUT2D eigenvalue weighted by atomic mass is 32.1. The third-order valence-electron chi connectivity index (χ3n) is 4.82. The lowest BCUT2D eigenvalue weighted by Crippen LogP contribution is -2.02. The molecule has 0 unspecified atom stereocenters. The van der Waals surface area contributed by atoms with Crippen LogP contribution in [0, 0.1) is 18.6 Å². The highest BCUT2D eigenvalue weighted by Gasteiger charge is 2.17. The largest absolute Gasteiger partial charge is 0.507 e. The van der Waals surface area contributed by atoms with Crippen LogP contribution in [-0.4, -0.2) is 24.9 Å². The zero-order valence-corrected chi connectivity index (χ0v) is 17.1. The Balaban J connectivity index is 1.97. The lowest BCUT2D eigenvalue weighted by molar-refractivity contribution is 0.473. The molecule has 0 amide bonds. The molecule has 0 saturated carbocycles. The average molecular weight is 391 g/mol. The van der Waals surface area contributed by atoms with Gasteiger partial charge in [0.05, 0.1) is 16.9 Å². The molecule has 4 aromatic rings. The standard InChI is InChI=1S/C22H22N4OS/c1-12(2)26-19-8-6-5-7-15(19)20(25-26)18-11-17(23-22(28)24-18)16-10-13(3)9-14(4)21(16)27/h5-12,27H,1-4H3,(H,23,24,28). The molecule has 0 fully saturated rings. The van der Waals surface area contributed by atoms with Crippen molar-refractivity contribution in [3.63, 3.8) is 0 Å². The molecule has 6 heteroatoms. The van der Waals surface area contributed by atoms with E-state index in [1.807, 2.05) is 48.9 Å². The van der Waals surface area contributed by atoms with Crippen molar-refractivity contribution in [1.29, 1.82) is 0 Å². The van der Waals surface area contributed by atoms with Gasteiger partial charge in [-0.05, 0) is 69.2 Å². The van der Waals surface area contributed by atoms with E-state index in [0.29, 0.717) is 16.0 Å². The second kappa shape index (κ2) is 6.87. The zero-order valence-electron chi connectivity index (χ0n) is 16.3. The Hall–Kier alpha value is -2.99. The van der Waals surface area contributed by atoms with Gasteiger partial charge in [-0.3, -0.25) is 4.68 Å². The quantitative estimate of drug-likeness (QED) is 0.439. The van der Waals surface area contributed by atoms with Gasteiger partial charge in [0.15, 0.2) is 4.77 Å². The van der Waals surface area contributed by atoms with Crippen molar-refractivity contribution in [1.82, 2.24) is 19.7 Å². The minimum absolute atomic E-state index is 0.224. The fourth-order valence-electron chi connectivity index (χ4n) is 3.56. The Kier molecular flexibility index (Phi) is 4.51. The molecule has 0 aliphatic heterocycles. The summed E-state index contributed by atoms with van der Waals surface area (Å²) >= 11 is 5.39. The summed E-state index contributed by atoms with van der Waals surface area (Å²) < 4.78 is 2.37. The topological polar surface area (TPSA) is 66.7 Å². The van der Waals surface area contributed by atoms with E-state index >= 15 is 0 Å². The van der Waals surface area contributed by atoms with Gasteiger partial charge in [0.2, 0.25) is 0 Å². The molecule has 0 saturated heterocycles. The minimum Gasteiger partial charge on any atom is -0.507 e. The van der Waals surface area contributed by atoms with Crippen LogP contribution in [0.3, 0.4) is 0 Å². The van der Waals surface area contributed by atoms with Crippen molar-refractivity contribution in [2.24, 2.45) is 0 Å². The number of aromatic hydroxyl groups is 1. The lowest BCUT2D eigenvalue weighted by Gasteiger charge is -2.10. The van der Waals surface area contributed by atoms with Gasteiger partial charge >= 0.3 is 0 Å². The number of benzene rings is 2. The Morgan fingerprint density at radius 1 is 1.11 bits per heavy atom. The fourth-order valence-corrected chi connectivity index (χ4v) is 3.77. The minimum atomic E-state index is 0.224. The second-order valence-corrected chi connectivity index (χ2v) is 7.75. The van der Waals surface area contributed by atoms with Crippen molar-refractivity contribution in [2.45, 2.75) is 33.7 Å². The number of phenolic OH excluding ortho intramolecular Hbond substituents is 1. The maximum Gasteiger partial charge on any atom is 0.197 e. The van der Waals surface area contributed by atoms with Gasteiger partial charge < -0.3 is 10.1 Å². The molecule has 0 spiro atoms. The van der Waals surface area contributed by atoms with Gasteiger partial charge in [-0.1, -0.05) is 24.3 Å². The number of aryl methyl sites for hydroxylation is 2. The van der Waals surface area contributed by atoms with Crippen LogP contribution in [0.25, 0.3) is 33.5 Å².